The third kappa shape index (κ3) is 4.08. The summed E-state index contributed by atoms with van der Waals surface area (Å²) in [7, 11) is 0. The summed E-state index contributed by atoms with van der Waals surface area (Å²) in [4.78, 5) is 37.5. The molecule has 0 fully saturated rings. The van der Waals surface area contributed by atoms with E-state index in [-0.39, 0.29) is 17.7 Å². The predicted octanol–water partition coefficient (Wildman–Crippen LogP) is 2.80. The van der Waals surface area contributed by atoms with Gasteiger partial charge >= 0.3 is 0 Å². The van der Waals surface area contributed by atoms with E-state index < -0.39 is 0 Å². The van der Waals surface area contributed by atoms with E-state index in [1.54, 1.807) is 23.1 Å². The molecule has 26 heavy (non-hydrogen) atoms. The molecule has 0 saturated carbocycles. The van der Waals surface area contributed by atoms with Crippen LogP contribution in [0.4, 0.5) is 11.4 Å². The Bertz CT molecular complexity index is 842. The van der Waals surface area contributed by atoms with Crippen molar-refractivity contribution in [1.82, 2.24) is 4.90 Å². The average Bonchev–Trinajstić information content (AvgIpc) is 2.59. The maximum atomic E-state index is 13.0. The summed E-state index contributed by atoms with van der Waals surface area (Å²) >= 11 is 0. The molecule has 2 aromatic carbocycles. The van der Waals surface area contributed by atoms with Crippen molar-refractivity contribution in [2.45, 2.75) is 26.8 Å². The second-order valence-corrected chi connectivity index (χ2v) is 6.41. The number of nitrogens with zero attached hydrogens (tertiary/aromatic N) is 1. The van der Waals surface area contributed by atoms with Crippen molar-refractivity contribution in [2.75, 3.05) is 17.2 Å². The zero-order valence-corrected chi connectivity index (χ0v) is 14.8. The Morgan fingerprint density at radius 2 is 1.46 bits per heavy atom. The molecule has 6 nitrogen and oxygen atoms in total. The molecule has 1 heterocycles. The minimum absolute atomic E-state index is 0.127. The zero-order valence-electron chi connectivity index (χ0n) is 14.8. The van der Waals surface area contributed by atoms with Crippen molar-refractivity contribution in [3.05, 3.63) is 59.2 Å². The molecule has 0 bridgehead atoms. The summed E-state index contributed by atoms with van der Waals surface area (Å²) in [6.45, 7) is 3.98. The smallest absolute Gasteiger partial charge is 0.254 e. The van der Waals surface area contributed by atoms with Gasteiger partial charge in [-0.25, -0.2) is 0 Å². The summed E-state index contributed by atoms with van der Waals surface area (Å²) < 4.78 is 0. The largest absolute Gasteiger partial charge is 0.334 e. The second-order valence-electron chi connectivity index (χ2n) is 6.41. The molecular formula is C20H21N3O3. The standard InChI is InChI=1S/C20H21N3O3/c1-13(24)21-18-9-17(10-19(11-18)22-14(2)25)20(26)23-8-7-15-5-3-4-6-16(15)12-23/h3-6,9-11H,7-8,12H2,1-2H3,(H,21,24)(H,22,25). The highest BCUT2D eigenvalue weighted by molar-refractivity contribution is 6.00. The molecule has 0 saturated heterocycles. The fourth-order valence-corrected chi connectivity index (χ4v) is 3.15. The molecule has 0 aromatic heterocycles. The van der Waals surface area contributed by atoms with Crippen LogP contribution in [0.5, 0.6) is 0 Å². The van der Waals surface area contributed by atoms with E-state index in [1.165, 1.54) is 19.4 Å². The van der Waals surface area contributed by atoms with Crippen LogP contribution in [0.3, 0.4) is 0 Å². The maximum Gasteiger partial charge on any atom is 0.254 e. The number of nitrogens with one attached hydrogen (secondary N) is 2. The Kier molecular flexibility index (Phi) is 5.02. The topological polar surface area (TPSA) is 78.5 Å². The molecule has 2 N–H and O–H groups in total. The molecular weight excluding hydrogens is 330 g/mol. The summed E-state index contributed by atoms with van der Waals surface area (Å²) in [5.74, 6) is -0.608. The number of hydrogen-bond acceptors (Lipinski definition) is 3. The van der Waals surface area contributed by atoms with E-state index in [0.29, 0.717) is 30.0 Å². The molecule has 6 heteroatoms. The zero-order chi connectivity index (χ0) is 18.7. The fourth-order valence-electron chi connectivity index (χ4n) is 3.15. The number of anilines is 2. The van der Waals surface area contributed by atoms with Crippen LogP contribution in [0.15, 0.2) is 42.5 Å². The highest BCUT2D eigenvalue weighted by Gasteiger charge is 2.22. The Morgan fingerprint density at radius 3 is 2.04 bits per heavy atom. The third-order valence-electron chi connectivity index (χ3n) is 4.24. The van der Waals surface area contributed by atoms with E-state index in [2.05, 4.69) is 16.7 Å². The van der Waals surface area contributed by atoms with Gasteiger partial charge in [-0.05, 0) is 35.7 Å². The summed E-state index contributed by atoms with van der Waals surface area (Å²) in [6, 6.07) is 13.0. The summed E-state index contributed by atoms with van der Waals surface area (Å²) in [5, 5.41) is 5.34. The van der Waals surface area contributed by atoms with Crippen LogP contribution in [0.1, 0.15) is 35.3 Å². The number of carbonyl (C=O) groups excluding carboxylic acids is 3. The van der Waals surface area contributed by atoms with Gasteiger partial charge in [0.1, 0.15) is 0 Å². The number of fused-ring (bicyclic) bond motifs is 1. The highest BCUT2D eigenvalue weighted by atomic mass is 16.2. The molecule has 0 radical (unpaired) electrons. The second kappa shape index (κ2) is 7.39. The van der Waals surface area contributed by atoms with Crippen molar-refractivity contribution in [3.63, 3.8) is 0 Å². The van der Waals surface area contributed by atoms with Gasteiger partial charge in [0.2, 0.25) is 11.8 Å². The first kappa shape index (κ1) is 17.7. The molecule has 0 spiro atoms. The normalized spacial score (nSPS) is 12.9. The van der Waals surface area contributed by atoms with Crippen LogP contribution in [0, 0.1) is 0 Å². The van der Waals surface area contributed by atoms with Crippen molar-refractivity contribution >= 4 is 29.1 Å². The van der Waals surface area contributed by atoms with Crippen LogP contribution in [-0.2, 0) is 22.6 Å². The fraction of sp³-hybridized carbons (Fsp3) is 0.250. The lowest BCUT2D eigenvalue weighted by Crippen LogP contribution is -2.36. The van der Waals surface area contributed by atoms with Crippen LogP contribution < -0.4 is 10.6 Å². The number of hydrogen-bond donors (Lipinski definition) is 2. The number of rotatable bonds is 3. The van der Waals surface area contributed by atoms with Crippen molar-refractivity contribution in [1.29, 1.82) is 0 Å². The molecule has 3 rings (SSSR count). The van der Waals surface area contributed by atoms with Gasteiger partial charge in [0.05, 0.1) is 0 Å². The van der Waals surface area contributed by atoms with Gasteiger partial charge in [0.25, 0.3) is 5.91 Å². The maximum absolute atomic E-state index is 13.0. The van der Waals surface area contributed by atoms with Crippen molar-refractivity contribution in [2.24, 2.45) is 0 Å². The van der Waals surface area contributed by atoms with Gasteiger partial charge in [-0.15, -0.1) is 0 Å². The summed E-state index contributed by atoms with van der Waals surface area (Å²) in [6.07, 6.45) is 0.811. The molecule has 0 unspecified atom stereocenters. The lowest BCUT2D eigenvalue weighted by Gasteiger charge is -2.29. The monoisotopic (exact) mass is 351 g/mol. The Balaban J connectivity index is 1.88. The predicted molar refractivity (Wildman–Crippen MR) is 99.9 cm³/mol. The Hall–Kier alpha value is -3.15. The van der Waals surface area contributed by atoms with E-state index in [9.17, 15) is 14.4 Å². The molecule has 1 aliphatic rings. The minimum Gasteiger partial charge on any atom is -0.334 e. The first-order valence-corrected chi connectivity index (χ1v) is 8.48. The average molecular weight is 351 g/mol. The van der Waals surface area contributed by atoms with Crippen molar-refractivity contribution < 1.29 is 14.4 Å². The van der Waals surface area contributed by atoms with Gasteiger partial charge in [-0.2, -0.15) is 0 Å². The quantitative estimate of drug-likeness (QED) is 0.892. The van der Waals surface area contributed by atoms with E-state index in [0.717, 1.165) is 12.0 Å². The third-order valence-corrected chi connectivity index (χ3v) is 4.24. The summed E-state index contributed by atoms with van der Waals surface area (Å²) in [5.41, 5.74) is 3.79. The van der Waals surface area contributed by atoms with Crippen molar-refractivity contribution in [3.8, 4) is 0 Å². The van der Waals surface area contributed by atoms with E-state index >= 15 is 0 Å². The molecule has 0 aliphatic carbocycles. The Morgan fingerprint density at radius 1 is 0.885 bits per heavy atom. The molecule has 1 aliphatic heterocycles. The van der Waals surface area contributed by atoms with Crippen LogP contribution >= 0.6 is 0 Å². The number of carbonyl (C=O) groups is 3. The van der Waals surface area contributed by atoms with Crippen LogP contribution in [0.25, 0.3) is 0 Å². The SMILES string of the molecule is CC(=O)Nc1cc(NC(C)=O)cc(C(=O)N2CCc3ccccc3C2)c1. The van der Waals surface area contributed by atoms with Gasteiger partial charge in [0, 0.05) is 43.9 Å². The number of amides is 3. The lowest BCUT2D eigenvalue weighted by molar-refractivity contribution is -0.115. The first-order valence-electron chi connectivity index (χ1n) is 8.48. The van der Waals surface area contributed by atoms with Gasteiger partial charge in [0.15, 0.2) is 0 Å². The molecule has 3 amide bonds. The van der Waals surface area contributed by atoms with Gasteiger partial charge in [-0.3, -0.25) is 14.4 Å². The van der Waals surface area contributed by atoms with Crippen LogP contribution in [0.2, 0.25) is 0 Å². The first-order chi connectivity index (χ1) is 12.4. The van der Waals surface area contributed by atoms with E-state index in [4.69, 9.17) is 0 Å². The van der Waals surface area contributed by atoms with E-state index in [1.807, 2.05) is 18.2 Å². The molecule has 2 aromatic rings. The minimum atomic E-state index is -0.240. The van der Waals surface area contributed by atoms with Crippen LogP contribution in [-0.4, -0.2) is 29.2 Å². The van der Waals surface area contributed by atoms with Gasteiger partial charge < -0.3 is 15.5 Å². The Labute approximate surface area is 152 Å². The molecule has 134 valence electrons. The molecule has 0 atom stereocenters. The highest BCUT2D eigenvalue weighted by Crippen LogP contribution is 2.24. The number of benzene rings is 2. The van der Waals surface area contributed by atoms with Gasteiger partial charge in [-0.1, -0.05) is 24.3 Å². The lowest BCUT2D eigenvalue weighted by atomic mass is 9.99.